The molecule has 2 unspecified atom stereocenters. The standard InChI is InChI=1S/C18H18ClFN2O/c1-11(18(23)22-17-9-7-13(20)10-15(17)19)21-16-8-6-12-4-2-3-5-14(12)16/h2-5,7,9-11,16,21H,6,8H2,1H3,(H,22,23). The van der Waals surface area contributed by atoms with E-state index >= 15 is 0 Å². The summed E-state index contributed by atoms with van der Waals surface area (Å²) in [5, 5.41) is 6.28. The van der Waals surface area contributed by atoms with Crippen molar-refractivity contribution in [1.82, 2.24) is 5.32 Å². The third-order valence-electron chi connectivity index (χ3n) is 4.17. The number of anilines is 1. The van der Waals surface area contributed by atoms with Gasteiger partial charge in [0, 0.05) is 6.04 Å². The van der Waals surface area contributed by atoms with Crippen molar-refractivity contribution in [3.63, 3.8) is 0 Å². The van der Waals surface area contributed by atoms with Crippen LogP contribution in [0.1, 0.15) is 30.5 Å². The van der Waals surface area contributed by atoms with E-state index in [1.54, 1.807) is 0 Å². The number of nitrogens with one attached hydrogen (secondary N) is 2. The van der Waals surface area contributed by atoms with Gasteiger partial charge in [-0.1, -0.05) is 35.9 Å². The molecule has 0 spiro atoms. The van der Waals surface area contributed by atoms with Crippen molar-refractivity contribution >= 4 is 23.2 Å². The van der Waals surface area contributed by atoms with Gasteiger partial charge in [-0.25, -0.2) is 4.39 Å². The largest absolute Gasteiger partial charge is 0.323 e. The van der Waals surface area contributed by atoms with Crippen LogP contribution < -0.4 is 10.6 Å². The Hall–Kier alpha value is -1.91. The van der Waals surface area contributed by atoms with Gasteiger partial charge in [0.25, 0.3) is 0 Å². The van der Waals surface area contributed by atoms with Gasteiger partial charge in [0.2, 0.25) is 5.91 Å². The van der Waals surface area contributed by atoms with Gasteiger partial charge in [0.05, 0.1) is 16.8 Å². The molecule has 0 bridgehead atoms. The van der Waals surface area contributed by atoms with Crippen LogP contribution in [0, 0.1) is 5.82 Å². The van der Waals surface area contributed by atoms with Crippen molar-refractivity contribution < 1.29 is 9.18 Å². The Labute approximate surface area is 139 Å². The average Bonchev–Trinajstić information content (AvgIpc) is 2.93. The minimum absolute atomic E-state index is 0.177. The number of carbonyl (C=O) groups is 1. The first-order valence-corrected chi connectivity index (χ1v) is 8.02. The number of fused-ring (bicyclic) bond motifs is 1. The van der Waals surface area contributed by atoms with E-state index in [9.17, 15) is 9.18 Å². The number of carbonyl (C=O) groups excluding carboxylic acids is 1. The maximum absolute atomic E-state index is 13.0. The van der Waals surface area contributed by atoms with E-state index < -0.39 is 5.82 Å². The van der Waals surface area contributed by atoms with E-state index in [2.05, 4.69) is 22.8 Å². The van der Waals surface area contributed by atoms with E-state index in [1.807, 2.05) is 19.1 Å². The predicted molar refractivity (Wildman–Crippen MR) is 90.1 cm³/mol. The smallest absolute Gasteiger partial charge is 0.241 e. The second kappa shape index (κ2) is 6.69. The number of rotatable bonds is 4. The lowest BCUT2D eigenvalue weighted by Crippen LogP contribution is -2.39. The van der Waals surface area contributed by atoms with Gasteiger partial charge in [-0.15, -0.1) is 0 Å². The van der Waals surface area contributed by atoms with E-state index in [-0.39, 0.29) is 23.0 Å². The maximum Gasteiger partial charge on any atom is 0.241 e. The highest BCUT2D eigenvalue weighted by molar-refractivity contribution is 6.33. The van der Waals surface area contributed by atoms with E-state index in [0.717, 1.165) is 12.8 Å². The molecule has 0 saturated carbocycles. The quantitative estimate of drug-likeness (QED) is 0.885. The third-order valence-corrected chi connectivity index (χ3v) is 4.48. The molecular formula is C18H18ClFN2O. The lowest BCUT2D eigenvalue weighted by Gasteiger charge is -2.20. The Bertz CT molecular complexity index is 735. The van der Waals surface area contributed by atoms with Crippen LogP contribution in [0.4, 0.5) is 10.1 Å². The molecule has 0 aromatic heterocycles. The van der Waals surface area contributed by atoms with Crippen LogP contribution in [0.15, 0.2) is 42.5 Å². The molecule has 2 N–H and O–H groups in total. The first-order chi connectivity index (χ1) is 11.0. The summed E-state index contributed by atoms with van der Waals surface area (Å²) in [5.41, 5.74) is 3.00. The summed E-state index contributed by atoms with van der Waals surface area (Å²) >= 11 is 5.94. The molecule has 0 saturated heterocycles. The first-order valence-electron chi connectivity index (χ1n) is 7.64. The zero-order chi connectivity index (χ0) is 16.4. The van der Waals surface area contributed by atoms with Gasteiger partial charge in [-0.3, -0.25) is 10.1 Å². The number of aryl methyl sites for hydroxylation is 1. The number of benzene rings is 2. The molecule has 1 aliphatic carbocycles. The average molecular weight is 333 g/mol. The normalized spacial score (nSPS) is 17.6. The Balaban J connectivity index is 1.64. The topological polar surface area (TPSA) is 41.1 Å². The number of hydrogen-bond donors (Lipinski definition) is 2. The minimum atomic E-state index is -0.429. The summed E-state index contributed by atoms with van der Waals surface area (Å²) in [4.78, 5) is 12.3. The van der Waals surface area contributed by atoms with Crippen LogP contribution in [0.25, 0.3) is 0 Å². The second-order valence-corrected chi connectivity index (χ2v) is 6.20. The minimum Gasteiger partial charge on any atom is -0.323 e. The molecule has 2 atom stereocenters. The highest BCUT2D eigenvalue weighted by Gasteiger charge is 2.25. The fourth-order valence-corrected chi connectivity index (χ4v) is 3.15. The van der Waals surface area contributed by atoms with Crippen molar-refractivity contribution in [2.24, 2.45) is 0 Å². The molecule has 1 amide bonds. The molecule has 0 heterocycles. The lowest BCUT2D eigenvalue weighted by atomic mass is 10.1. The van der Waals surface area contributed by atoms with Crippen molar-refractivity contribution in [3.8, 4) is 0 Å². The van der Waals surface area contributed by atoms with Crippen molar-refractivity contribution in [1.29, 1.82) is 0 Å². The van der Waals surface area contributed by atoms with Gasteiger partial charge < -0.3 is 5.32 Å². The van der Waals surface area contributed by atoms with Crippen LogP contribution in [-0.2, 0) is 11.2 Å². The fourth-order valence-electron chi connectivity index (χ4n) is 2.94. The Morgan fingerprint density at radius 1 is 1.30 bits per heavy atom. The Morgan fingerprint density at radius 3 is 2.87 bits per heavy atom. The van der Waals surface area contributed by atoms with Crippen molar-refractivity contribution in [2.45, 2.75) is 31.8 Å². The zero-order valence-electron chi connectivity index (χ0n) is 12.8. The van der Waals surface area contributed by atoms with E-state index in [4.69, 9.17) is 11.6 Å². The molecule has 2 aromatic carbocycles. The van der Waals surface area contributed by atoms with Crippen LogP contribution in [-0.4, -0.2) is 11.9 Å². The molecule has 1 aliphatic rings. The summed E-state index contributed by atoms with van der Waals surface area (Å²) < 4.78 is 13.0. The van der Waals surface area contributed by atoms with Crippen LogP contribution >= 0.6 is 11.6 Å². The van der Waals surface area contributed by atoms with Crippen molar-refractivity contribution in [3.05, 3.63) is 64.4 Å². The van der Waals surface area contributed by atoms with E-state index in [0.29, 0.717) is 5.69 Å². The van der Waals surface area contributed by atoms with E-state index in [1.165, 1.54) is 29.3 Å². The highest BCUT2D eigenvalue weighted by atomic mass is 35.5. The molecule has 3 rings (SSSR count). The first kappa shape index (κ1) is 16.0. The Morgan fingerprint density at radius 2 is 2.09 bits per heavy atom. The van der Waals surface area contributed by atoms with Gasteiger partial charge in [-0.2, -0.15) is 0 Å². The molecule has 3 nitrogen and oxygen atoms in total. The van der Waals surface area contributed by atoms with Gasteiger partial charge >= 0.3 is 0 Å². The SMILES string of the molecule is CC(NC1CCc2ccccc21)C(=O)Nc1ccc(F)cc1Cl. The number of amides is 1. The molecule has 0 radical (unpaired) electrons. The molecular weight excluding hydrogens is 315 g/mol. The maximum atomic E-state index is 13.0. The molecule has 23 heavy (non-hydrogen) atoms. The second-order valence-electron chi connectivity index (χ2n) is 5.79. The number of halogens is 2. The van der Waals surface area contributed by atoms with Gasteiger partial charge in [0.1, 0.15) is 5.82 Å². The monoisotopic (exact) mass is 332 g/mol. The molecule has 2 aromatic rings. The highest BCUT2D eigenvalue weighted by Crippen LogP contribution is 2.31. The molecule has 0 fully saturated rings. The predicted octanol–water partition coefficient (Wildman–Crippen LogP) is 4.08. The van der Waals surface area contributed by atoms with Crippen LogP contribution in [0.3, 0.4) is 0 Å². The summed E-state index contributed by atoms with van der Waals surface area (Å²) in [7, 11) is 0. The summed E-state index contributed by atoms with van der Waals surface area (Å²) in [6.07, 6.45) is 2.00. The fraction of sp³-hybridized carbons (Fsp3) is 0.278. The summed E-state index contributed by atoms with van der Waals surface area (Å²) in [6.45, 7) is 1.81. The van der Waals surface area contributed by atoms with Gasteiger partial charge in [0.15, 0.2) is 0 Å². The lowest BCUT2D eigenvalue weighted by molar-refractivity contribution is -0.118. The molecule has 0 aliphatic heterocycles. The van der Waals surface area contributed by atoms with Crippen molar-refractivity contribution in [2.75, 3.05) is 5.32 Å². The molecule has 5 heteroatoms. The summed E-state index contributed by atoms with van der Waals surface area (Å²) in [6, 6.07) is 12.0. The third kappa shape index (κ3) is 3.54. The van der Waals surface area contributed by atoms with Crippen LogP contribution in [0.5, 0.6) is 0 Å². The Kier molecular flexibility index (Phi) is 4.64. The molecule has 120 valence electrons. The summed E-state index contributed by atoms with van der Waals surface area (Å²) in [5.74, 6) is -0.621. The zero-order valence-corrected chi connectivity index (χ0v) is 13.5. The van der Waals surface area contributed by atoms with Gasteiger partial charge in [-0.05, 0) is 49.1 Å². The van der Waals surface area contributed by atoms with Crippen LogP contribution in [0.2, 0.25) is 5.02 Å². The number of hydrogen-bond acceptors (Lipinski definition) is 2.